The first-order chi connectivity index (χ1) is 19.2. The van der Waals surface area contributed by atoms with E-state index < -0.39 is 22.2 Å². The Balaban J connectivity index is 1.35. The van der Waals surface area contributed by atoms with Gasteiger partial charge in [0, 0.05) is 28.8 Å². The maximum absolute atomic E-state index is 13.0. The van der Waals surface area contributed by atoms with E-state index in [1.54, 1.807) is 66.4 Å². The Kier molecular flexibility index (Phi) is 7.81. The molecule has 2 atom stereocenters. The minimum absolute atomic E-state index is 0.0391. The monoisotopic (exact) mass is 572 g/mol. The molecule has 1 aliphatic heterocycles. The van der Waals surface area contributed by atoms with Gasteiger partial charge in [0.2, 0.25) is 0 Å². The summed E-state index contributed by atoms with van der Waals surface area (Å²) >= 11 is 1.66. The van der Waals surface area contributed by atoms with E-state index in [0.29, 0.717) is 22.6 Å². The van der Waals surface area contributed by atoms with Crippen LogP contribution in [0.2, 0.25) is 0 Å². The lowest BCUT2D eigenvalue weighted by atomic mass is 10.1. The van der Waals surface area contributed by atoms with Gasteiger partial charge in [-0.1, -0.05) is 72.8 Å². The van der Waals surface area contributed by atoms with Crippen LogP contribution in [0.25, 0.3) is 11.1 Å². The topological polar surface area (TPSA) is 126 Å². The summed E-state index contributed by atoms with van der Waals surface area (Å²) in [4.78, 5) is 15.3. The van der Waals surface area contributed by atoms with Crippen molar-refractivity contribution in [2.75, 3.05) is 22.2 Å². The quantitative estimate of drug-likeness (QED) is 0.187. The van der Waals surface area contributed by atoms with Gasteiger partial charge in [0.25, 0.3) is 0 Å². The number of nitrogens with zero attached hydrogens (tertiary/aromatic N) is 1. The minimum Gasteiger partial charge on any atom is -0.424 e. The average Bonchev–Trinajstić information content (AvgIpc) is 3.37. The van der Waals surface area contributed by atoms with Crippen LogP contribution in [0, 0.1) is 5.41 Å². The van der Waals surface area contributed by atoms with Crippen molar-refractivity contribution in [3.8, 4) is 11.1 Å². The van der Waals surface area contributed by atoms with Gasteiger partial charge in [-0.2, -0.15) is 0 Å². The molecule has 40 heavy (non-hydrogen) atoms. The number of rotatable bonds is 7. The van der Waals surface area contributed by atoms with E-state index in [1.165, 1.54) is 6.26 Å². The van der Waals surface area contributed by atoms with Gasteiger partial charge in [-0.05, 0) is 41.5 Å². The third kappa shape index (κ3) is 5.98. The van der Waals surface area contributed by atoms with Gasteiger partial charge >= 0.3 is 6.09 Å². The number of carbonyl (C=O) groups excluding carboxylic acids is 1. The molecule has 0 saturated carbocycles. The van der Waals surface area contributed by atoms with Crippen LogP contribution in [-0.4, -0.2) is 38.6 Å². The van der Waals surface area contributed by atoms with Crippen molar-refractivity contribution in [2.24, 2.45) is 5.73 Å². The van der Waals surface area contributed by atoms with E-state index >= 15 is 0 Å². The molecule has 0 bridgehead atoms. The summed E-state index contributed by atoms with van der Waals surface area (Å²) in [5, 5.41) is 10.5. The number of hydrogen-bond donors (Lipinski definition) is 3. The lowest BCUT2D eigenvalue weighted by molar-refractivity contribution is 0.122. The summed E-state index contributed by atoms with van der Waals surface area (Å²) in [5.74, 6) is 0.501. The second kappa shape index (κ2) is 11.4. The van der Waals surface area contributed by atoms with E-state index in [4.69, 9.17) is 15.9 Å². The number of thioether (sulfide) groups is 1. The van der Waals surface area contributed by atoms with Gasteiger partial charge in [0.05, 0.1) is 10.6 Å². The number of sulfone groups is 1. The number of carbonyl (C=O) groups is 1. The molecule has 204 valence electrons. The lowest BCUT2D eigenvalue weighted by Crippen LogP contribution is -2.37. The minimum atomic E-state index is -3.40. The third-order valence-electron chi connectivity index (χ3n) is 6.47. The molecular formula is C30H28N4O4S2. The molecule has 4 N–H and O–H groups in total. The average molecular weight is 573 g/mol. The summed E-state index contributed by atoms with van der Waals surface area (Å²) in [6.07, 6.45) is -0.00389. The molecule has 1 saturated heterocycles. The number of amides is 1. The van der Waals surface area contributed by atoms with Gasteiger partial charge in [-0.25, -0.2) is 13.2 Å². The highest BCUT2D eigenvalue weighted by Crippen LogP contribution is 2.44. The van der Waals surface area contributed by atoms with Crippen LogP contribution < -0.4 is 16.0 Å². The fourth-order valence-corrected chi connectivity index (χ4v) is 6.87. The Hall–Kier alpha value is -4.28. The molecular weight excluding hydrogens is 544 g/mol. The normalized spacial score (nSPS) is 16.9. The number of ether oxygens (including phenoxy) is 1. The SMILES string of the molecule is CS(=O)(=O)c1ccccc1-c1ccc(NC(=O)OC2CSC(c3ccccc3)N2c2cccc(C(=N)N)c2)cc1. The largest absolute Gasteiger partial charge is 0.424 e. The zero-order valence-corrected chi connectivity index (χ0v) is 23.3. The first-order valence-corrected chi connectivity index (χ1v) is 15.4. The molecule has 1 fully saturated rings. The van der Waals surface area contributed by atoms with Crippen LogP contribution in [0.4, 0.5) is 16.2 Å². The lowest BCUT2D eigenvalue weighted by Gasteiger charge is -2.31. The van der Waals surface area contributed by atoms with Crippen molar-refractivity contribution in [1.82, 2.24) is 0 Å². The number of nitrogens with two attached hydrogens (primary N) is 1. The van der Waals surface area contributed by atoms with E-state index in [1.807, 2.05) is 53.4 Å². The van der Waals surface area contributed by atoms with E-state index in [0.717, 1.165) is 16.8 Å². The predicted molar refractivity (Wildman–Crippen MR) is 160 cm³/mol. The van der Waals surface area contributed by atoms with Gasteiger partial charge in [0.15, 0.2) is 16.1 Å². The number of nitrogens with one attached hydrogen (secondary N) is 2. The summed E-state index contributed by atoms with van der Waals surface area (Å²) in [7, 11) is -3.40. The molecule has 8 nitrogen and oxygen atoms in total. The number of nitrogen functional groups attached to an aromatic ring is 1. The Morgan fingerprint density at radius 3 is 2.38 bits per heavy atom. The molecule has 1 amide bonds. The van der Waals surface area contributed by atoms with E-state index in [2.05, 4.69) is 5.32 Å². The fourth-order valence-electron chi connectivity index (χ4n) is 4.62. The maximum atomic E-state index is 13.0. The molecule has 0 aliphatic carbocycles. The molecule has 0 aromatic heterocycles. The van der Waals surface area contributed by atoms with Crippen molar-refractivity contribution < 1.29 is 17.9 Å². The zero-order valence-electron chi connectivity index (χ0n) is 21.7. The zero-order chi connectivity index (χ0) is 28.3. The van der Waals surface area contributed by atoms with Gasteiger partial charge in [-0.15, -0.1) is 11.8 Å². The summed E-state index contributed by atoms with van der Waals surface area (Å²) in [6, 6.07) is 31.0. The van der Waals surface area contributed by atoms with Crippen molar-refractivity contribution in [2.45, 2.75) is 16.5 Å². The highest BCUT2D eigenvalue weighted by molar-refractivity contribution is 8.00. The van der Waals surface area contributed by atoms with Crippen LogP contribution in [0.3, 0.4) is 0 Å². The number of benzene rings is 4. The molecule has 0 spiro atoms. The summed E-state index contributed by atoms with van der Waals surface area (Å²) in [5.41, 5.74) is 10.0. The second-order valence-corrected chi connectivity index (χ2v) is 12.4. The highest BCUT2D eigenvalue weighted by Gasteiger charge is 2.38. The first-order valence-electron chi connectivity index (χ1n) is 12.5. The molecule has 2 unspecified atom stereocenters. The molecule has 1 aliphatic rings. The molecule has 1 heterocycles. The van der Waals surface area contributed by atoms with Gasteiger partial charge in [0.1, 0.15) is 11.2 Å². The van der Waals surface area contributed by atoms with Crippen molar-refractivity contribution in [1.29, 1.82) is 5.41 Å². The molecule has 5 rings (SSSR count). The summed E-state index contributed by atoms with van der Waals surface area (Å²) < 4.78 is 30.3. The van der Waals surface area contributed by atoms with Crippen molar-refractivity contribution in [3.05, 3.63) is 114 Å². The molecule has 10 heteroatoms. The van der Waals surface area contributed by atoms with Crippen molar-refractivity contribution in [3.63, 3.8) is 0 Å². The number of anilines is 2. The van der Waals surface area contributed by atoms with Gasteiger partial charge in [-0.3, -0.25) is 10.7 Å². The maximum Gasteiger partial charge on any atom is 0.413 e. The van der Waals surface area contributed by atoms with Gasteiger partial charge < -0.3 is 15.4 Å². The van der Waals surface area contributed by atoms with Crippen LogP contribution in [0.1, 0.15) is 16.5 Å². The summed E-state index contributed by atoms with van der Waals surface area (Å²) in [6.45, 7) is 0. The van der Waals surface area contributed by atoms with Crippen LogP contribution in [0.15, 0.2) is 108 Å². The number of amidine groups is 1. The first kappa shape index (κ1) is 27.3. The second-order valence-electron chi connectivity index (χ2n) is 9.30. The Bertz CT molecular complexity index is 1640. The molecule has 4 aromatic rings. The standard InChI is InChI=1S/C30H28N4O4S2/c1-40(36,37)26-13-6-5-12-25(26)20-14-16-23(17-15-20)33-30(35)38-27-19-39-29(21-8-3-2-4-9-21)34(27)24-11-7-10-22(18-24)28(31)32/h2-18,27,29H,19H2,1H3,(H3,31,32)(H,33,35). The van der Waals surface area contributed by atoms with E-state index in [9.17, 15) is 13.2 Å². The Morgan fingerprint density at radius 2 is 1.68 bits per heavy atom. The predicted octanol–water partition coefficient (Wildman–Crippen LogP) is 5.87. The fraction of sp³-hybridized carbons (Fsp3) is 0.133. The van der Waals surface area contributed by atoms with Crippen LogP contribution >= 0.6 is 11.8 Å². The molecule has 0 radical (unpaired) electrons. The molecule has 4 aromatic carbocycles. The Morgan fingerprint density at radius 1 is 0.975 bits per heavy atom. The van der Waals surface area contributed by atoms with Crippen molar-refractivity contribution >= 4 is 44.9 Å². The van der Waals surface area contributed by atoms with E-state index in [-0.39, 0.29) is 16.1 Å². The van der Waals surface area contributed by atoms with Crippen LogP contribution in [0.5, 0.6) is 0 Å². The van der Waals surface area contributed by atoms with Crippen LogP contribution in [-0.2, 0) is 14.6 Å². The highest BCUT2D eigenvalue weighted by atomic mass is 32.2. The number of hydrogen-bond acceptors (Lipinski definition) is 7. The Labute approximate surface area is 237 Å². The smallest absolute Gasteiger partial charge is 0.413 e. The third-order valence-corrected chi connectivity index (χ3v) is 8.92.